The fourth-order valence-corrected chi connectivity index (χ4v) is 7.10. The van der Waals surface area contributed by atoms with E-state index < -0.39 is 0 Å². The number of fused-ring (bicyclic) bond motifs is 5. The first-order chi connectivity index (χ1) is 22.3. The number of para-hydroxylation sites is 2. The summed E-state index contributed by atoms with van der Waals surface area (Å²) in [6.07, 6.45) is 0. The highest BCUT2D eigenvalue weighted by atomic mass is 16.3. The number of furan rings is 1. The molecular formula is C44H28O. The van der Waals surface area contributed by atoms with Crippen LogP contribution in [0.3, 0.4) is 0 Å². The van der Waals surface area contributed by atoms with Crippen LogP contribution in [0.5, 0.6) is 0 Å². The third-order valence-corrected chi connectivity index (χ3v) is 9.10. The van der Waals surface area contributed by atoms with Gasteiger partial charge in [-0.3, -0.25) is 0 Å². The van der Waals surface area contributed by atoms with Gasteiger partial charge in [0.25, 0.3) is 0 Å². The van der Waals surface area contributed by atoms with Gasteiger partial charge in [-0.05, 0) is 66.6 Å². The zero-order valence-corrected chi connectivity index (χ0v) is 24.6. The van der Waals surface area contributed by atoms with Crippen LogP contribution in [0.15, 0.2) is 174 Å². The highest BCUT2D eigenvalue weighted by molar-refractivity contribution is 6.21. The molecule has 0 saturated carbocycles. The summed E-state index contributed by atoms with van der Waals surface area (Å²) in [7, 11) is 0. The molecule has 210 valence electrons. The molecule has 0 unspecified atom stereocenters. The molecule has 9 aromatic rings. The van der Waals surface area contributed by atoms with Crippen LogP contribution in [-0.4, -0.2) is 0 Å². The van der Waals surface area contributed by atoms with Crippen LogP contribution in [0.1, 0.15) is 0 Å². The smallest absolute Gasteiger partial charge is 0.143 e. The first-order valence-electron chi connectivity index (χ1n) is 15.4. The van der Waals surface area contributed by atoms with E-state index in [1.165, 1.54) is 54.9 Å². The topological polar surface area (TPSA) is 13.1 Å². The van der Waals surface area contributed by atoms with Crippen LogP contribution >= 0.6 is 0 Å². The van der Waals surface area contributed by atoms with Gasteiger partial charge in [-0.2, -0.15) is 0 Å². The van der Waals surface area contributed by atoms with Crippen LogP contribution in [0.4, 0.5) is 0 Å². The van der Waals surface area contributed by atoms with E-state index in [1.807, 2.05) is 12.1 Å². The predicted molar refractivity (Wildman–Crippen MR) is 190 cm³/mol. The van der Waals surface area contributed by atoms with Crippen molar-refractivity contribution in [3.05, 3.63) is 170 Å². The second kappa shape index (κ2) is 10.4. The largest absolute Gasteiger partial charge is 0.455 e. The molecule has 0 aliphatic heterocycles. The molecule has 1 aromatic heterocycles. The van der Waals surface area contributed by atoms with Crippen molar-refractivity contribution in [1.82, 2.24) is 0 Å². The van der Waals surface area contributed by atoms with E-state index in [9.17, 15) is 0 Å². The number of benzene rings is 8. The van der Waals surface area contributed by atoms with E-state index >= 15 is 0 Å². The zero-order valence-electron chi connectivity index (χ0n) is 24.6. The molecule has 0 bridgehead atoms. The molecule has 0 aliphatic carbocycles. The van der Waals surface area contributed by atoms with Gasteiger partial charge in [0.15, 0.2) is 0 Å². The molecule has 0 spiro atoms. The molecule has 1 nitrogen and oxygen atoms in total. The van der Waals surface area contributed by atoms with Crippen molar-refractivity contribution in [2.45, 2.75) is 0 Å². The lowest BCUT2D eigenvalue weighted by molar-refractivity contribution is 0.670. The quantitative estimate of drug-likeness (QED) is 0.191. The molecule has 8 aromatic carbocycles. The summed E-state index contributed by atoms with van der Waals surface area (Å²) in [4.78, 5) is 0. The molecule has 0 aliphatic rings. The van der Waals surface area contributed by atoms with Crippen molar-refractivity contribution >= 4 is 43.5 Å². The van der Waals surface area contributed by atoms with E-state index in [0.29, 0.717) is 0 Å². The maximum absolute atomic E-state index is 6.43. The summed E-state index contributed by atoms with van der Waals surface area (Å²) in [5, 5.41) is 7.36. The van der Waals surface area contributed by atoms with E-state index in [-0.39, 0.29) is 0 Å². The van der Waals surface area contributed by atoms with E-state index in [1.54, 1.807) is 0 Å². The molecule has 1 heterocycles. The lowest BCUT2D eigenvalue weighted by Crippen LogP contribution is -1.91. The highest BCUT2D eigenvalue weighted by Gasteiger charge is 2.18. The number of hydrogen-bond donors (Lipinski definition) is 0. The first kappa shape index (κ1) is 25.6. The summed E-state index contributed by atoms with van der Waals surface area (Å²) in [5.41, 5.74) is 11.5. The summed E-state index contributed by atoms with van der Waals surface area (Å²) in [6.45, 7) is 0. The third kappa shape index (κ3) is 4.09. The Morgan fingerprint density at radius 1 is 0.267 bits per heavy atom. The maximum Gasteiger partial charge on any atom is 0.143 e. The summed E-state index contributed by atoms with van der Waals surface area (Å²) < 4.78 is 6.43. The van der Waals surface area contributed by atoms with Gasteiger partial charge >= 0.3 is 0 Å². The molecule has 0 fully saturated rings. The second-order valence-corrected chi connectivity index (χ2v) is 11.6. The molecule has 1 heteroatoms. The van der Waals surface area contributed by atoms with Gasteiger partial charge in [-0.1, -0.05) is 164 Å². The fraction of sp³-hybridized carbons (Fsp3) is 0. The third-order valence-electron chi connectivity index (χ3n) is 9.10. The Morgan fingerprint density at radius 2 is 0.711 bits per heavy atom. The lowest BCUT2D eigenvalue weighted by atomic mass is 9.85. The van der Waals surface area contributed by atoms with E-state index in [0.717, 1.165) is 33.1 Å². The molecule has 0 saturated heterocycles. The van der Waals surface area contributed by atoms with Gasteiger partial charge < -0.3 is 4.42 Å². The molecule has 9 rings (SSSR count). The second-order valence-electron chi connectivity index (χ2n) is 11.6. The zero-order chi connectivity index (χ0) is 29.7. The average Bonchev–Trinajstić information content (AvgIpc) is 3.50. The van der Waals surface area contributed by atoms with Gasteiger partial charge in [-0.25, -0.2) is 0 Å². The van der Waals surface area contributed by atoms with E-state index in [2.05, 4.69) is 158 Å². The van der Waals surface area contributed by atoms with Gasteiger partial charge in [0.05, 0.1) is 0 Å². The minimum atomic E-state index is 0.916. The Labute approximate surface area is 261 Å². The molecule has 0 radical (unpaired) electrons. The van der Waals surface area contributed by atoms with Crippen LogP contribution < -0.4 is 0 Å². The Hall–Kier alpha value is -5.92. The molecular weight excluding hydrogens is 544 g/mol. The van der Waals surface area contributed by atoms with Crippen LogP contribution in [0, 0.1) is 0 Å². The normalized spacial score (nSPS) is 11.6. The highest BCUT2D eigenvalue weighted by Crippen LogP contribution is 2.44. The molecule has 45 heavy (non-hydrogen) atoms. The van der Waals surface area contributed by atoms with Crippen molar-refractivity contribution in [2.75, 3.05) is 0 Å². The Balaban J connectivity index is 1.22. The van der Waals surface area contributed by atoms with E-state index in [4.69, 9.17) is 4.42 Å². The first-order valence-corrected chi connectivity index (χ1v) is 15.4. The molecule has 0 atom stereocenters. The van der Waals surface area contributed by atoms with Crippen molar-refractivity contribution in [2.24, 2.45) is 0 Å². The average molecular weight is 573 g/mol. The van der Waals surface area contributed by atoms with Crippen molar-refractivity contribution < 1.29 is 4.42 Å². The number of rotatable bonds is 4. The van der Waals surface area contributed by atoms with Crippen molar-refractivity contribution in [3.8, 4) is 44.5 Å². The Kier molecular flexibility index (Phi) is 5.89. The van der Waals surface area contributed by atoms with Crippen molar-refractivity contribution in [1.29, 1.82) is 0 Å². The van der Waals surface area contributed by atoms with Crippen LogP contribution in [-0.2, 0) is 0 Å². The molecule has 0 N–H and O–H groups in total. The summed E-state index contributed by atoms with van der Waals surface area (Å²) in [5.74, 6) is 0. The fourth-order valence-electron chi connectivity index (χ4n) is 7.10. The van der Waals surface area contributed by atoms with Crippen molar-refractivity contribution in [3.63, 3.8) is 0 Å². The number of hydrogen-bond acceptors (Lipinski definition) is 1. The Bertz CT molecular complexity index is 2460. The van der Waals surface area contributed by atoms with Crippen LogP contribution in [0.25, 0.3) is 88.0 Å². The monoisotopic (exact) mass is 572 g/mol. The summed E-state index contributed by atoms with van der Waals surface area (Å²) >= 11 is 0. The summed E-state index contributed by atoms with van der Waals surface area (Å²) in [6, 6.07) is 60.9. The minimum absolute atomic E-state index is 0.916. The molecule has 0 amide bonds. The minimum Gasteiger partial charge on any atom is -0.455 e. The van der Waals surface area contributed by atoms with Gasteiger partial charge in [0.2, 0.25) is 0 Å². The SMILES string of the molecule is c1ccc(-c2c3ccccc3c(-c3ccc(-c4ccccc4-c4cccc5c4oc4ccccc45)cc3)c3ccccc23)cc1. The standard InChI is InChI=1S/C44H28O/c1-2-13-30(14-3-1)42-35-18-6-8-20-37(35)43(38-21-9-7-19-36(38)42)31-27-25-29(26-28-31)32-15-4-5-16-33(32)39-22-12-23-40-34-17-10-11-24-41(34)45-44(39)40/h1-28H. The Morgan fingerprint density at radius 3 is 1.36 bits per heavy atom. The van der Waals surface area contributed by atoms with Crippen LogP contribution in [0.2, 0.25) is 0 Å². The van der Waals surface area contributed by atoms with Gasteiger partial charge in [0.1, 0.15) is 11.2 Å². The maximum atomic E-state index is 6.43. The van der Waals surface area contributed by atoms with Gasteiger partial charge in [-0.15, -0.1) is 0 Å². The van der Waals surface area contributed by atoms with Gasteiger partial charge in [0, 0.05) is 16.3 Å². The lowest BCUT2D eigenvalue weighted by Gasteiger charge is -2.18. The predicted octanol–water partition coefficient (Wildman–Crippen LogP) is 12.6.